The summed E-state index contributed by atoms with van der Waals surface area (Å²) in [6, 6.07) is 4.59. The number of aromatic hydroxyl groups is 1. The highest BCUT2D eigenvalue weighted by Crippen LogP contribution is 2.40. The highest BCUT2D eigenvalue weighted by Gasteiger charge is 2.46. The zero-order valence-corrected chi connectivity index (χ0v) is 17.9. The number of nitrogens with one attached hydrogen (secondary N) is 1. The minimum absolute atomic E-state index is 0.0172. The molecule has 2 aromatic heterocycles. The third-order valence-corrected chi connectivity index (χ3v) is 7.24. The quantitative estimate of drug-likeness (QED) is 0.626. The molecule has 6 rings (SSSR count). The van der Waals surface area contributed by atoms with Crippen molar-refractivity contribution >= 4 is 16.5 Å². The zero-order valence-electron chi connectivity index (χ0n) is 17.1. The van der Waals surface area contributed by atoms with Crippen molar-refractivity contribution < 1.29 is 9.50 Å². The largest absolute Gasteiger partial charge is 0.507 e. The summed E-state index contributed by atoms with van der Waals surface area (Å²) >= 11 is 1.31. The van der Waals surface area contributed by atoms with E-state index in [0.717, 1.165) is 19.4 Å². The van der Waals surface area contributed by atoms with Gasteiger partial charge in [-0.05, 0) is 30.9 Å². The van der Waals surface area contributed by atoms with Crippen LogP contribution in [-0.4, -0.2) is 61.7 Å². The molecule has 0 unspecified atom stereocenters. The van der Waals surface area contributed by atoms with Gasteiger partial charge in [0.15, 0.2) is 10.8 Å². The minimum Gasteiger partial charge on any atom is -0.507 e. The van der Waals surface area contributed by atoms with Gasteiger partial charge in [0.05, 0.1) is 11.6 Å². The Kier molecular flexibility index (Phi) is 4.94. The van der Waals surface area contributed by atoms with Crippen LogP contribution in [0.25, 0.3) is 22.0 Å². The Balaban J connectivity index is 1.40. The summed E-state index contributed by atoms with van der Waals surface area (Å²) < 4.78 is 16.2. The Labute approximate surface area is 181 Å². The van der Waals surface area contributed by atoms with E-state index in [4.69, 9.17) is 0 Å². The Morgan fingerprint density at radius 1 is 1.32 bits per heavy atom. The maximum atomic E-state index is 14.9. The van der Waals surface area contributed by atoms with E-state index in [1.165, 1.54) is 28.3 Å². The Hall–Kier alpha value is -2.92. The topological polar surface area (TPSA) is 109 Å². The lowest BCUT2D eigenvalue weighted by atomic mass is 9.75. The van der Waals surface area contributed by atoms with E-state index in [1.807, 2.05) is 11.9 Å². The molecule has 3 aliphatic rings. The van der Waals surface area contributed by atoms with Crippen LogP contribution in [0.1, 0.15) is 12.8 Å². The van der Waals surface area contributed by atoms with Crippen LogP contribution < -0.4 is 15.9 Å². The number of fused-ring (bicyclic) bond motifs is 3. The molecule has 2 bridgehead atoms. The summed E-state index contributed by atoms with van der Waals surface area (Å²) in [4.78, 5) is 21.7. The fraction of sp³-hybridized carbons (Fsp3) is 0.450. The molecule has 4 atom stereocenters. The number of hydrogen-bond donors (Lipinski definition) is 2. The van der Waals surface area contributed by atoms with Gasteiger partial charge >= 0.3 is 5.69 Å². The van der Waals surface area contributed by atoms with E-state index >= 15 is 0 Å². The van der Waals surface area contributed by atoms with E-state index in [9.17, 15) is 14.3 Å². The van der Waals surface area contributed by atoms with E-state index in [0.29, 0.717) is 21.3 Å². The van der Waals surface area contributed by atoms with Crippen LogP contribution in [-0.2, 0) is 7.05 Å². The molecule has 3 aromatic rings. The lowest BCUT2D eigenvalue weighted by Gasteiger charge is -2.48. The molecule has 31 heavy (non-hydrogen) atoms. The standard InChI is InChI=1S/C20H22FN7O2S/c1-27-9-23-17(24-19(27)30)10-3-5-12(14(29)7-10)18-25-26-20(31-18)28(2)16-11-4-6-13(15(16)21)22-8-11/h3,5,7,9,11,13,15-16,22,29H,4,6,8H2,1-2H3/t11-,13-,15+,16+/m1/s1. The number of aryl methyl sites for hydroxylation is 1. The molecule has 0 amide bonds. The van der Waals surface area contributed by atoms with Crippen LogP contribution in [0.15, 0.2) is 29.3 Å². The number of rotatable bonds is 4. The second kappa shape index (κ2) is 7.65. The maximum absolute atomic E-state index is 14.9. The number of aromatic nitrogens is 5. The van der Waals surface area contributed by atoms with Gasteiger partial charge in [0.25, 0.3) is 0 Å². The molecule has 3 fully saturated rings. The van der Waals surface area contributed by atoms with Gasteiger partial charge in [-0.1, -0.05) is 17.4 Å². The molecule has 9 nitrogen and oxygen atoms in total. The molecule has 1 saturated carbocycles. The van der Waals surface area contributed by atoms with Crippen molar-refractivity contribution in [2.45, 2.75) is 31.1 Å². The summed E-state index contributed by atoms with van der Waals surface area (Å²) in [7, 11) is 3.43. The summed E-state index contributed by atoms with van der Waals surface area (Å²) in [6.45, 7) is 0.818. The van der Waals surface area contributed by atoms with Crippen LogP contribution in [0, 0.1) is 5.92 Å². The number of anilines is 1. The van der Waals surface area contributed by atoms with Crippen LogP contribution in [0.2, 0.25) is 0 Å². The predicted molar refractivity (Wildman–Crippen MR) is 115 cm³/mol. The van der Waals surface area contributed by atoms with Gasteiger partial charge in [0.1, 0.15) is 18.2 Å². The first kappa shape index (κ1) is 20.0. The zero-order chi connectivity index (χ0) is 21.7. The van der Waals surface area contributed by atoms with Gasteiger partial charge in [-0.3, -0.25) is 4.57 Å². The van der Waals surface area contributed by atoms with Gasteiger partial charge in [0, 0.05) is 32.2 Å². The minimum atomic E-state index is -0.948. The molecule has 2 aliphatic heterocycles. The molecule has 2 N–H and O–H groups in total. The smallest absolute Gasteiger partial charge is 0.350 e. The average molecular weight is 444 g/mol. The predicted octanol–water partition coefficient (Wildman–Crippen LogP) is 1.59. The number of piperidine rings is 2. The number of halogens is 1. The highest BCUT2D eigenvalue weighted by atomic mass is 32.1. The highest BCUT2D eigenvalue weighted by molar-refractivity contribution is 7.18. The Morgan fingerprint density at radius 3 is 2.84 bits per heavy atom. The van der Waals surface area contributed by atoms with Gasteiger partial charge in [0.2, 0.25) is 5.13 Å². The third kappa shape index (κ3) is 3.47. The van der Waals surface area contributed by atoms with Crippen molar-refractivity contribution in [2.24, 2.45) is 13.0 Å². The first-order chi connectivity index (χ1) is 14.9. The molecule has 4 heterocycles. The Bertz CT molecular complexity index is 1170. The monoisotopic (exact) mass is 443 g/mol. The van der Waals surface area contributed by atoms with Gasteiger partial charge < -0.3 is 15.3 Å². The van der Waals surface area contributed by atoms with Crippen LogP contribution in [0.3, 0.4) is 0 Å². The van der Waals surface area contributed by atoms with Crippen LogP contribution in [0.5, 0.6) is 5.75 Å². The van der Waals surface area contributed by atoms with Crippen molar-refractivity contribution in [2.75, 3.05) is 18.5 Å². The number of benzene rings is 1. The van der Waals surface area contributed by atoms with Gasteiger partial charge in [-0.15, -0.1) is 10.2 Å². The summed E-state index contributed by atoms with van der Waals surface area (Å²) in [5.74, 6) is 0.456. The lowest BCUT2D eigenvalue weighted by Crippen LogP contribution is -2.64. The van der Waals surface area contributed by atoms with Crippen molar-refractivity contribution in [1.29, 1.82) is 0 Å². The fourth-order valence-corrected chi connectivity index (χ4v) is 5.35. The van der Waals surface area contributed by atoms with Gasteiger partial charge in [-0.2, -0.15) is 4.98 Å². The molecule has 0 spiro atoms. The molecule has 2 saturated heterocycles. The molecule has 1 aromatic carbocycles. The van der Waals surface area contributed by atoms with E-state index in [-0.39, 0.29) is 29.6 Å². The first-order valence-corrected chi connectivity index (χ1v) is 10.9. The second-order valence-corrected chi connectivity index (χ2v) is 9.05. The number of alkyl halides is 1. The number of nitrogens with zero attached hydrogens (tertiary/aromatic N) is 6. The van der Waals surface area contributed by atoms with Crippen molar-refractivity contribution in [3.8, 4) is 27.7 Å². The van der Waals surface area contributed by atoms with Crippen LogP contribution in [0.4, 0.5) is 9.52 Å². The number of phenolic OH excluding ortho intramolecular Hbond substituents is 1. The number of phenols is 1. The number of hydrogen-bond acceptors (Lipinski definition) is 9. The summed E-state index contributed by atoms with van der Waals surface area (Å²) in [5, 5.41) is 23.5. The Morgan fingerprint density at radius 2 is 2.16 bits per heavy atom. The van der Waals surface area contributed by atoms with Crippen molar-refractivity contribution in [1.82, 2.24) is 30.0 Å². The maximum Gasteiger partial charge on any atom is 0.350 e. The molecular weight excluding hydrogens is 421 g/mol. The molecule has 162 valence electrons. The summed E-state index contributed by atoms with van der Waals surface area (Å²) in [5.41, 5.74) is 0.600. The van der Waals surface area contributed by atoms with Crippen molar-refractivity contribution in [3.63, 3.8) is 0 Å². The summed E-state index contributed by atoms with van der Waals surface area (Å²) in [6.07, 6.45) is 2.31. The third-order valence-electron chi connectivity index (χ3n) is 6.19. The molecule has 0 radical (unpaired) electrons. The average Bonchev–Trinajstić information content (AvgIpc) is 3.26. The van der Waals surface area contributed by atoms with Crippen molar-refractivity contribution in [3.05, 3.63) is 35.0 Å². The lowest BCUT2D eigenvalue weighted by molar-refractivity contribution is 0.0705. The normalized spacial score (nSPS) is 25.0. The molecular formula is C20H22FN7O2S. The van der Waals surface area contributed by atoms with E-state index in [1.54, 1.807) is 19.2 Å². The fourth-order valence-electron chi connectivity index (χ4n) is 4.47. The first-order valence-electron chi connectivity index (χ1n) is 10.1. The van der Waals surface area contributed by atoms with E-state index in [2.05, 4.69) is 25.5 Å². The van der Waals surface area contributed by atoms with Gasteiger partial charge in [-0.25, -0.2) is 14.2 Å². The molecule has 1 aliphatic carbocycles. The SMILES string of the molecule is CN(c1nnc(-c2ccc(-c3ncn(C)c(=O)n3)cc2O)s1)[C@H]1[C@@H]2CC[C@@H](NC2)[C@@H]1F. The van der Waals surface area contributed by atoms with E-state index < -0.39 is 11.9 Å². The molecule has 11 heteroatoms. The second-order valence-electron chi connectivity index (χ2n) is 8.09. The van der Waals surface area contributed by atoms with Crippen LogP contribution >= 0.6 is 11.3 Å².